The van der Waals surface area contributed by atoms with E-state index in [0.717, 1.165) is 21.2 Å². The molecule has 0 saturated carbocycles. The number of para-hydroxylation sites is 1. The van der Waals surface area contributed by atoms with E-state index >= 15 is 0 Å². The molecule has 3 aromatic rings. The van der Waals surface area contributed by atoms with E-state index < -0.39 is 10.0 Å². The third-order valence-electron chi connectivity index (χ3n) is 4.78. The van der Waals surface area contributed by atoms with Crippen molar-refractivity contribution < 1.29 is 17.9 Å². The number of aryl methyl sites for hydroxylation is 1. The van der Waals surface area contributed by atoms with Crippen molar-refractivity contribution in [2.24, 2.45) is 0 Å². The highest BCUT2D eigenvalue weighted by atomic mass is 32.2. The van der Waals surface area contributed by atoms with Crippen LogP contribution in [0.2, 0.25) is 0 Å². The number of carbonyl (C=O) groups excluding carboxylic acids is 1. The molecule has 156 valence electrons. The fourth-order valence-corrected chi connectivity index (χ4v) is 4.17. The van der Waals surface area contributed by atoms with E-state index in [-0.39, 0.29) is 16.4 Å². The molecule has 1 amide bonds. The molecule has 0 atom stereocenters. The summed E-state index contributed by atoms with van der Waals surface area (Å²) >= 11 is 0. The first-order chi connectivity index (χ1) is 14.3. The summed E-state index contributed by atoms with van der Waals surface area (Å²) in [6.45, 7) is 2.20. The molecule has 0 unspecified atom stereocenters. The normalized spacial score (nSPS) is 11.0. The summed E-state index contributed by atoms with van der Waals surface area (Å²) in [6, 6.07) is 20.6. The van der Waals surface area contributed by atoms with E-state index in [1.807, 2.05) is 31.2 Å². The molecule has 0 aromatic heterocycles. The zero-order valence-electron chi connectivity index (χ0n) is 17.1. The van der Waals surface area contributed by atoms with E-state index in [9.17, 15) is 13.2 Å². The van der Waals surface area contributed by atoms with Crippen LogP contribution in [-0.2, 0) is 16.6 Å². The van der Waals surface area contributed by atoms with Crippen LogP contribution in [0, 0.1) is 6.92 Å². The largest absolute Gasteiger partial charge is 0.497 e. The topological polar surface area (TPSA) is 75.7 Å². The number of hydrogen-bond donors (Lipinski definition) is 1. The Labute approximate surface area is 177 Å². The quantitative estimate of drug-likeness (QED) is 0.627. The minimum Gasteiger partial charge on any atom is -0.497 e. The fourth-order valence-electron chi connectivity index (χ4n) is 2.96. The number of ether oxygens (including phenoxy) is 1. The number of benzene rings is 3. The van der Waals surface area contributed by atoms with Gasteiger partial charge in [-0.25, -0.2) is 8.42 Å². The predicted octanol–water partition coefficient (Wildman–Crippen LogP) is 3.76. The van der Waals surface area contributed by atoms with Crippen molar-refractivity contribution in [3.63, 3.8) is 0 Å². The van der Waals surface area contributed by atoms with Crippen molar-refractivity contribution in [1.82, 2.24) is 5.32 Å². The second-order valence-electron chi connectivity index (χ2n) is 6.83. The number of amides is 1. The molecule has 0 spiro atoms. The molecule has 3 rings (SSSR count). The molecule has 0 saturated heterocycles. The summed E-state index contributed by atoms with van der Waals surface area (Å²) < 4.78 is 32.4. The minimum absolute atomic E-state index is 0.170. The van der Waals surface area contributed by atoms with Crippen molar-refractivity contribution >= 4 is 21.6 Å². The van der Waals surface area contributed by atoms with Gasteiger partial charge in [0.25, 0.3) is 15.9 Å². The van der Waals surface area contributed by atoms with Gasteiger partial charge in [0, 0.05) is 13.6 Å². The second-order valence-corrected chi connectivity index (χ2v) is 8.80. The van der Waals surface area contributed by atoms with Crippen LogP contribution < -0.4 is 14.4 Å². The van der Waals surface area contributed by atoms with Crippen molar-refractivity contribution in [3.05, 3.63) is 89.5 Å². The highest BCUT2D eigenvalue weighted by Crippen LogP contribution is 2.26. The SMILES string of the molecule is COc1ccc(CNC(=O)c2ccccc2N(C)S(=O)(=O)c2ccc(C)cc2)cc1. The van der Waals surface area contributed by atoms with Gasteiger partial charge in [0.05, 0.1) is 23.3 Å². The Kier molecular flexibility index (Phi) is 6.42. The molecule has 0 radical (unpaired) electrons. The number of anilines is 1. The lowest BCUT2D eigenvalue weighted by Crippen LogP contribution is -2.30. The summed E-state index contributed by atoms with van der Waals surface area (Å²) in [7, 11) is -0.759. The number of sulfonamides is 1. The molecule has 0 aliphatic heterocycles. The van der Waals surface area contributed by atoms with E-state index in [2.05, 4.69) is 5.32 Å². The molecular formula is C23H24N2O4S. The van der Waals surface area contributed by atoms with Crippen LogP contribution >= 0.6 is 0 Å². The minimum atomic E-state index is -3.80. The van der Waals surface area contributed by atoms with E-state index in [0.29, 0.717) is 12.2 Å². The smallest absolute Gasteiger partial charge is 0.264 e. The molecule has 0 heterocycles. The van der Waals surface area contributed by atoms with E-state index in [4.69, 9.17) is 4.74 Å². The maximum Gasteiger partial charge on any atom is 0.264 e. The van der Waals surface area contributed by atoms with Crippen molar-refractivity contribution in [3.8, 4) is 5.75 Å². The Morgan fingerprint density at radius 2 is 1.60 bits per heavy atom. The molecule has 7 heteroatoms. The van der Waals surface area contributed by atoms with Gasteiger partial charge in [-0.1, -0.05) is 42.0 Å². The van der Waals surface area contributed by atoms with Gasteiger partial charge >= 0.3 is 0 Å². The maximum absolute atomic E-state index is 13.0. The van der Waals surface area contributed by atoms with Gasteiger partial charge in [-0.05, 0) is 48.9 Å². The van der Waals surface area contributed by atoms with Gasteiger partial charge in [-0.3, -0.25) is 9.10 Å². The van der Waals surface area contributed by atoms with E-state index in [1.54, 1.807) is 55.6 Å². The number of nitrogens with one attached hydrogen (secondary N) is 1. The Morgan fingerprint density at radius 3 is 2.23 bits per heavy atom. The summed E-state index contributed by atoms with van der Waals surface area (Å²) in [4.78, 5) is 13.0. The van der Waals surface area contributed by atoms with Crippen LogP contribution in [0.1, 0.15) is 21.5 Å². The third kappa shape index (κ3) is 4.63. The van der Waals surface area contributed by atoms with Gasteiger partial charge in [0.2, 0.25) is 0 Å². The molecule has 6 nitrogen and oxygen atoms in total. The summed E-state index contributed by atoms with van der Waals surface area (Å²) in [5.74, 6) is 0.380. The first kappa shape index (κ1) is 21.4. The van der Waals surface area contributed by atoms with Crippen LogP contribution in [0.15, 0.2) is 77.7 Å². The van der Waals surface area contributed by atoms with Gasteiger partial charge in [-0.15, -0.1) is 0 Å². The molecule has 0 aliphatic rings. The number of methoxy groups -OCH3 is 1. The average molecular weight is 425 g/mol. The molecular weight excluding hydrogens is 400 g/mol. The molecule has 0 fully saturated rings. The fraction of sp³-hybridized carbons (Fsp3) is 0.174. The van der Waals surface area contributed by atoms with Crippen LogP contribution in [0.5, 0.6) is 5.75 Å². The lowest BCUT2D eigenvalue weighted by Gasteiger charge is -2.22. The molecule has 1 N–H and O–H groups in total. The van der Waals surface area contributed by atoms with Crippen molar-refractivity contribution in [1.29, 1.82) is 0 Å². The van der Waals surface area contributed by atoms with Crippen LogP contribution in [0.3, 0.4) is 0 Å². The Hall–Kier alpha value is -3.32. The number of rotatable bonds is 7. The van der Waals surface area contributed by atoms with Gasteiger partial charge in [-0.2, -0.15) is 0 Å². The lowest BCUT2D eigenvalue weighted by atomic mass is 10.1. The molecule has 0 aliphatic carbocycles. The highest BCUT2D eigenvalue weighted by molar-refractivity contribution is 7.92. The highest BCUT2D eigenvalue weighted by Gasteiger charge is 2.24. The lowest BCUT2D eigenvalue weighted by molar-refractivity contribution is 0.0951. The molecule has 30 heavy (non-hydrogen) atoms. The Morgan fingerprint density at radius 1 is 0.967 bits per heavy atom. The Balaban J connectivity index is 1.82. The van der Waals surface area contributed by atoms with Gasteiger partial charge in [0.1, 0.15) is 5.75 Å². The zero-order chi connectivity index (χ0) is 21.7. The number of hydrogen-bond acceptors (Lipinski definition) is 4. The van der Waals surface area contributed by atoms with E-state index in [1.165, 1.54) is 7.05 Å². The number of carbonyl (C=O) groups is 1. The average Bonchev–Trinajstić information content (AvgIpc) is 2.77. The first-order valence-electron chi connectivity index (χ1n) is 9.38. The monoisotopic (exact) mass is 424 g/mol. The van der Waals surface area contributed by atoms with Crippen molar-refractivity contribution in [2.45, 2.75) is 18.4 Å². The zero-order valence-corrected chi connectivity index (χ0v) is 17.9. The molecule has 0 bridgehead atoms. The molecule has 3 aromatic carbocycles. The maximum atomic E-state index is 13.0. The standard InChI is InChI=1S/C23H24N2O4S/c1-17-8-14-20(15-9-17)30(27,28)25(2)22-7-5-4-6-21(22)23(26)24-16-18-10-12-19(29-3)13-11-18/h4-15H,16H2,1-3H3,(H,24,26). The van der Waals surface area contributed by atoms with Crippen molar-refractivity contribution in [2.75, 3.05) is 18.5 Å². The summed E-state index contributed by atoms with van der Waals surface area (Å²) in [5, 5.41) is 2.85. The van der Waals surface area contributed by atoms with Gasteiger partial charge < -0.3 is 10.1 Å². The number of nitrogens with zero attached hydrogens (tertiary/aromatic N) is 1. The second kappa shape index (κ2) is 9.00. The van der Waals surface area contributed by atoms with Gasteiger partial charge in [0.15, 0.2) is 0 Å². The third-order valence-corrected chi connectivity index (χ3v) is 6.57. The Bertz CT molecular complexity index is 1120. The summed E-state index contributed by atoms with van der Waals surface area (Å²) in [5.41, 5.74) is 2.46. The van der Waals surface area contributed by atoms with Crippen LogP contribution in [-0.4, -0.2) is 28.5 Å². The van der Waals surface area contributed by atoms with Crippen LogP contribution in [0.4, 0.5) is 5.69 Å². The van der Waals surface area contributed by atoms with Crippen LogP contribution in [0.25, 0.3) is 0 Å². The first-order valence-corrected chi connectivity index (χ1v) is 10.8. The summed E-state index contributed by atoms with van der Waals surface area (Å²) in [6.07, 6.45) is 0. The predicted molar refractivity (Wildman–Crippen MR) is 117 cm³/mol.